The van der Waals surface area contributed by atoms with E-state index in [1.54, 1.807) is 11.3 Å². The zero-order valence-electron chi connectivity index (χ0n) is 10.3. The smallest absolute Gasteiger partial charge is 0.0931 e. The van der Waals surface area contributed by atoms with Crippen LogP contribution >= 0.6 is 22.9 Å². The van der Waals surface area contributed by atoms with Gasteiger partial charge in [-0.1, -0.05) is 54.1 Å². The second kappa shape index (κ2) is 6.74. The molecule has 0 radical (unpaired) electrons. The fraction of sp³-hybridized carbons (Fsp3) is 0.200. The van der Waals surface area contributed by atoms with Crippen LogP contribution in [0.2, 0.25) is 4.34 Å². The van der Waals surface area contributed by atoms with Gasteiger partial charge in [0, 0.05) is 17.5 Å². The lowest BCUT2D eigenvalue weighted by Crippen LogP contribution is -2.17. The van der Waals surface area contributed by atoms with Gasteiger partial charge in [0.05, 0.1) is 4.34 Å². The molecule has 2 rings (SSSR count). The normalized spacial score (nSPS) is 13.0. The summed E-state index contributed by atoms with van der Waals surface area (Å²) in [6, 6.07) is 14.7. The van der Waals surface area contributed by atoms with Crippen molar-refractivity contribution in [1.82, 2.24) is 5.32 Å². The fourth-order valence-electron chi connectivity index (χ4n) is 1.67. The summed E-state index contributed by atoms with van der Waals surface area (Å²) < 4.78 is 0.846. The van der Waals surface area contributed by atoms with Crippen molar-refractivity contribution in [2.75, 3.05) is 6.54 Å². The first-order valence-corrected chi connectivity index (χ1v) is 7.15. The maximum Gasteiger partial charge on any atom is 0.0931 e. The van der Waals surface area contributed by atoms with Gasteiger partial charge in [-0.05, 0) is 24.6 Å². The minimum atomic E-state index is 0.336. The van der Waals surface area contributed by atoms with E-state index in [0.717, 1.165) is 10.9 Å². The third-order valence-electron chi connectivity index (χ3n) is 2.67. The van der Waals surface area contributed by atoms with Gasteiger partial charge in [-0.3, -0.25) is 0 Å². The number of rotatable bonds is 5. The van der Waals surface area contributed by atoms with Gasteiger partial charge in [-0.15, -0.1) is 11.3 Å². The average molecular weight is 278 g/mol. The van der Waals surface area contributed by atoms with E-state index in [4.69, 9.17) is 11.6 Å². The molecule has 1 aromatic carbocycles. The van der Waals surface area contributed by atoms with Crippen LogP contribution in [-0.4, -0.2) is 6.54 Å². The first-order valence-electron chi connectivity index (χ1n) is 5.96. The van der Waals surface area contributed by atoms with E-state index >= 15 is 0 Å². The Kier molecular flexibility index (Phi) is 5.00. The van der Waals surface area contributed by atoms with Gasteiger partial charge in [-0.2, -0.15) is 0 Å². The largest absolute Gasteiger partial charge is 0.306 e. The molecule has 0 spiro atoms. The Bertz CT molecular complexity index is 504. The first kappa shape index (κ1) is 13.3. The van der Waals surface area contributed by atoms with Crippen molar-refractivity contribution < 1.29 is 0 Å². The van der Waals surface area contributed by atoms with Crippen LogP contribution in [0, 0.1) is 0 Å². The molecule has 1 nitrogen and oxygen atoms in total. The van der Waals surface area contributed by atoms with Crippen molar-refractivity contribution in [3.05, 3.63) is 63.3 Å². The highest BCUT2D eigenvalue weighted by atomic mass is 35.5. The summed E-state index contributed by atoms with van der Waals surface area (Å²) in [5.74, 6) is 0. The molecule has 2 aromatic rings. The third-order valence-corrected chi connectivity index (χ3v) is 4.09. The van der Waals surface area contributed by atoms with Crippen molar-refractivity contribution in [3.63, 3.8) is 0 Å². The molecule has 1 heterocycles. The summed E-state index contributed by atoms with van der Waals surface area (Å²) in [6.07, 6.45) is 4.27. The molecule has 3 heteroatoms. The molecule has 0 bridgehead atoms. The van der Waals surface area contributed by atoms with Crippen molar-refractivity contribution in [3.8, 4) is 0 Å². The standard InChI is InChI=1S/C15H16ClNS/c1-12(14-9-10-15(16)18-14)17-11-5-8-13-6-3-2-4-7-13/h2-10,12,17H,11H2,1H3. The Morgan fingerprint density at radius 2 is 2.00 bits per heavy atom. The highest BCUT2D eigenvalue weighted by molar-refractivity contribution is 7.16. The summed E-state index contributed by atoms with van der Waals surface area (Å²) in [5, 5.41) is 3.45. The molecule has 0 aliphatic rings. The Morgan fingerprint density at radius 3 is 2.67 bits per heavy atom. The van der Waals surface area contributed by atoms with Gasteiger partial charge < -0.3 is 5.32 Å². The maximum atomic E-state index is 5.92. The van der Waals surface area contributed by atoms with E-state index in [1.807, 2.05) is 24.3 Å². The Hall–Kier alpha value is -1.09. The topological polar surface area (TPSA) is 12.0 Å². The second-order valence-corrected chi connectivity index (χ2v) is 5.83. The quantitative estimate of drug-likeness (QED) is 0.830. The molecular formula is C15H16ClNS. The van der Waals surface area contributed by atoms with Gasteiger partial charge in [0.1, 0.15) is 0 Å². The molecule has 94 valence electrons. The van der Waals surface area contributed by atoms with E-state index in [9.17, 15) is 0 Å². The van der Waals surface area contributed by atoms with Gasteiger partial charge >= 0.3 is 0 Å². The highest BCUT2D eigenvalue weighted by Gasteiger charge is 2.05. The molecule has 0 aliphatic carbocycles. The zero-order chi connectivity index (χ0) is 12.8. The van der Waals surface area contributed by atoms with E-state index in [1.165, 1.54) is 10.4 Å². The highest BCUT2D eigenvalue weighted by Crippen LogP contribution is 2.26. The number of benzene rings is 1. The minimum absolute atomic E-state index is 0.336. The predicted molar refractivity (Wildman–Crippen MR) is 81.2 cm³/mol. The van der Waals surface area contributed by atoms with E-state index in [0.29, 0.717) is 6.04 Å². The van der Waals surface area contributed by atoms with Crippen LogP contribution in [-0.2, 0) is 0 Å². The van der Waals surface area contributed by atoms with E-state index in [-0.39, 0.29) is 0 Å². The van der Waals surface area contributed by atoms with Crippen LogP contribution in [0.3, 0.4) is 0 Å². The Morgan fingerprint density at radius 1 is 1.22 bits per heavy atom. The fourth-order valence-corrected chi connectivity index (χ4v) is 2.75. The van der Waals surface area contributed by atoms with Crippen LogP contribution in [0.5, 0.6) is 0 Å². The molecule has 0 fully saturated rings. The molecule has 18 heavy (non-hydrogen) atoms. The number of nitrogens with one attached hydrogen (secondary N) is 1. The van der Waals surface area contributed by atoms with Crippen molar-refractivity contribution in [1.29, 1.82) is 0 Å². The van der Waals surface area contributed by atoms with Gasteiger partial charge in [0.15, 0.2) is 0 Å². The Balaban J connectivity index is 1.80. The molecule has 0 amide bonds. The number of thiophene rings is 1. The van der Waals surface area contributed by atoms with Crippen molar-refractivity contribution in [2.24, 2.45) is 0 Å². The maximum absolute atomic E-state index is 5.92. The lowest BCUT2D eigenvalue weighted by Gasteiger charge is -2.09. The molecule has 0 aliphatic heterocycles. The second-order valence-electron chi connectivity index (χ2n) is 4.08. The molecule has 0 saturated heterocycles. The lowest BCUT2D eigenvalue weighted by atomic mass is 10.2. The van der Waals surface area contributed by atoms with Crippen LogP contribution < -0.4 is 5.32 Å². The third kappa shape index (κ3) is 3.98. The van der Waals surface area contributed by atoms with E-state index in [2.05, 4.69) is 42.6 Å². The summed E-state index contributed by atoms with van der Waals surface area (Å²) in [5.41, 5.74) is 1.23. The molecule has 1 N–H and O–H groups in total. The van der Waals surface area contributed by atoms with Crippen LogP contribution in [0.1, 0.15) is 23.4 Å². The number of hydrogen-bond donors (Lipinski definition) is 1. The Labute approximate surface area is 117 Å². The van der Waals surface area contributed by atoms with Crippen molar-refractivity contribution in [2.45, 2.75) is 13.0 Å². The minimum Gasteiger partial charge on any atom is -0.306 e. The average Bonchev–Trinajstić information content (AvgIpc) is 2.82. The lowest BCUT2D eigenvalue weighted by molar-refractivity contribution is 0.628. The summed E-state index contributed by atoms with van der Waals surface area (Å²) in [6.45, 7) is 3.00. The molecule has 0 saturated carbocycles. The van der Waals surface area contributed by atoms with Gasteiger partial charge in [0.25, 0.3) is 0 Å². The SMILES string of the molecule is CC(NCC=Cc1ccccc1)c1ccc(Cl)s1. The van der Waals surface area contributed by atoms with Crippen molar-refractivity contribution >= 4 is 29.0 Å². The summed E-state index contributed by atoms with van der Waals surface area (Å²) >= 11 is 7.55. The zero-order valence-corrected chi connectivity index (χ0v) is 11.8. The van der Waals surface area contributed by atoms with Crippen LogP contribution in [0.25, 0.3) is 6.08 Å². The molecule has 1 atom stereocenters. The number of halogens is 1. The molecular weight excluding hydrogens is 262 g/mol. The molecule has 1 aromatic heterocycles. The van der Waals surface area contributed by atoms with Gasteiger partial charge in [-0.25, -0.2) is 0 Å². The molecule has 1 unspecified atom stereocenters. The predicted octanol–water partition coefficient (Wildman–Crippen LogP) is 4.77. The van der Waals surface area contributed by atoms with Crippen LogP contribution in [0.4, 0.5) is 0 Å². The summed E-state index contributed by atoms with van der Waals surface area (Å²) in [7, 11) is 0. The monoisotopic (exact) mass is 277 g/mol. The van der Waals surface area contributed by atoms with E-state index < -0.39 is 0 Å². The summed E-state index contributed by atoms with van der Waals surface area (Å²) in [4.78, 5) is 1.27. The first-order chi connectivity index (χ1) is 8.75. The van der Waals surface area contributed by atoms with Gasteiger partial charge in [0.2, 0.25) is 0 Å². The van der Waals surface area contributed by atoms with Crippen LogP contribution in [0.15, 0.2) is 48.5 Å². The number of hydrogen-bond acceptors (Lipinski definition) is 2.